The van der Waals surface area contributed by atoms with Gasteiger partial charge in [-0.3, -0.25) is 10.00 Å². The largest absolute Gasteiger partial charge is 0.454 e. The SMILES string of the molecule is O=C(Nc1ccc2cn[nH]c2c1)N1CCN(Cc2ccc3c(c2)OCO3)CC1. The molecule has 8 heteroatoms. The van der Waals surface area contributed by atoms with Gasteiger partial charge in [0.05, 0.1) is 11.7 Å². The number of aromatic amines is 1. The third-order valence-electron chi connectivity index (χ3n) is 5.20. The fourth-order valence-corrected chi connectivity index (χ4v) is 3.62. The van der Waals surface area contributed by atoms with E-state index in [9.17, 15) is 4.79 Å². The van der Waals surface area contributed by atoms with Gasteiger partial charge in [0.2, 0.25) is 6.79 Å². The maximum Gasteiger partial charge on any atom is 0.321 e. The minimum Gasteiger partial charge on any atom is -0.454 e. The molecule has 1 saturated heterocycles. The number of H-pyrrole nitrogens is 1. The van der Waals surface area contributed by atoms with Gasteiger partial charge in [-0.1, -0.05) is 6.07 Å². The van der Waals surface area contributed by atoms with Gasteiger partial charge in [-0.2, -0.15) is 5.10 Å². The number of nitrogens with one attached hydrogen (secondary N) is 2. The van der Waals surface area contributed by atoms with E-state index in [0.29, 0.717) is 19.9 Å². The van der Waals surface area contributed by atoms with Crippen molar-refractivity contribution >= 4 is 22.6 Å². The number of benzene rings is 2. The second-order valence-electron chi connectivity index (χ2n) is 7.05. The first kappa shape index (κ1) is 16.9. The number of nitrogens with zero attached hydrogens (tertiary/aromatic N) is 3. The van der Waals surface area contributed by atoms with Crippen LogP contribution in [0, 0.1) is 0 Å². The Labute approximate surface area is 162 Å². The number of ether oxygens (including phenoxy) is 2. The summed E-state index contributed by atoms with van der Waals surface area (Å²) in [6.45, 7) is 4.19. The first-order valence-electron chi connectivity index (χ1n) is 9.34. The van der Waals surface area contributed by atoms with Crippen LogP contribution in [0.15, 0.2) is 42.6 Å². The summed E-state index contributed by atoms with van der Waals surface area (Å²) in [4.78, 5) is 16.8. The molecule has 2 aliphatic heterocycles. The van der Waals surface area contributed by atoms with Gasteiger partial charge >= 0.3 is 6.03 Å². The zero-order chi connectivity index (χ0) is 18.9. The molecule has 5 rings (SSSR count). The Morgan fingerprint density at radius 1 is 1.07 bits per heavy atom. The smallest absolute Gasteiger partial charge is 0.321 e. The van der Waals surface area contributed by atoms with Crippen LogP contribution >= 0.6 is 0 Å². The number of aromatic nitrogens is 2. The van der Waals surface area contributed by atoms with Gasteiger partial charge in [-0.05, 0) is 35.9 Å². The van der Waals surface area contributed by atoms with E-state index in [0.717, 1.165) is 47.7 Å². The minimum absolute atomic E-state index is 0.0680. The number of rotatable bonds is 3. The standard InChI is InChI=1S/C20H21N5O3/c26-20(22-16-3-2-15-11-21-23-17(15)10-16)25-7-5-24(6-8-25)12-14-1-4-18-19(9-14)28-13-27-18/h1-4,9-11H,5-8,12-13H2,(H,21,23)(H,22,26). The number of hydrogen-bond acceptors (Lipinski definition) is 5. The number of fused-ring (bicyclic) bond motifs is 2. The van der Waals surface area contributed by atoms with Gasteiger partial charge in [0, 0.05) is 43.8 Å². The van der Waals surface area contributed by atoms with Crippen molar-refractivity contribution in [2.45, 2.75) is 6.54 Å². The fourth-order valence-electron chi connectivity index (χ4n) is 3.62. The summed E-state index contributed by atoms with van der Waals surface area (Å²) in [5.74, 6) is 1.61. The highest BCUT2D eigenvalue weighted by Crippen LogP contribution is 2.32. The highest BCUT2D eigenvalue weighted by molar-refractivity contribution is 5.92. The van der Waals surface area contributed by atoms with E-state index < -0.39 is 0 Å². The summed E-state index contributed by atoms with van der Waals surface area (Å²) in [5, 5.41) is 10.9. The third kappa shape index (κ3) is 3.34. The van der Waals surface area contributed by atoms with Crippen LogP contribution in [0.5, 0.6) is 11.5 Å². The molecule has 2 aliphatic rings. The van der Waals surface area contributed by atoms with Crippen molar-refractivity contribution in [3.05, 3.63) is 48.2 Å². The molecule has 2 N–H and O–H groups in total. The lowest BCUT2D eigenvalue weighted by Gasteiger charge is -2.34. The summed E-state index contributed by atoms with van der Waals surface area (Å²) < 4.78 is 10.8. The monoisotopic (exact) mass is 379 g/mol. The maximum atomic E-state index is 12.6. The predicted octanol–water partition coefficient (Wildman–Crippen LogP) is 2.64. The molecular weight excluding hydrogens is 358 g/mol. The van der Waals surface area contributed by atoms with Gasteiger partial charge in [0.1, 0.15) is 0 Å². The number of urea groups is 1. The van der Waals surface area contributed by atoms with Crippen molar-refractivity contribution in [1.82, 2.24) is 20.0 Å². The lowest BCUT2D eigenvalue weighted by molar-refractivity contribution is 0.143. The summed E-state index contributed by atoms with van der Waals surface area (Å²) in [5.41, 5.74) is 2.87. The topological polar surface area (TPSA) is 82.7 Å². The molecule has 1 aromatic heterocycles. The molecule has 2 aromatic carbocycles. The van der Waals surface area contributed by atoms with Crippen molar-refractivity contribution in [2.75, 3.05) is 38.3 Å². The lowest BCUT2D eigenvalue weighted by Crippen LogP contribution is -2.49. The molecule has 28 heavy (non-hydrogen) atoms. The number of carbonyl (C=O) groups is 1. The molecule has 2 amide bonds. The zero-order valence-corrected chi connectivity index (χ0v) is 15.4. The average Bonchev–Trinajstić information content (AvgIpc) is 3.36. The zero-order valence-electron chi connectivity index (χ0n) is 15.4. The second-order valence-corrected chi connectivity index (χ2v) is 7.05. The Morgan fingerprint density at radius 3 is 2.82 bits per heavy atom. The average molecular weight is 379 g/mol. The van der Waals surface area contributed by atoms with Crippen LogP contribution in [-0.4, -0.2) is 59.0 Å². The number of carbonyl (C=O) groups excluding carboxylic acids is 1. The third-order valence-corrected chi connectivity index (χ3v) is 5.20. The highest BCUT2D eigenvalue weighted by Gasteiger charge is 2.22. The van der Waals surface area contributed by atoms with Crippen LogP contribution in [0.3, 0.4) is 0 Å². The molecule has 0 atom stereocenters. The second kappa shape index (κ2) is 7.05. The predicted molar refractivity (Wildman–Crippen MR) is 105 cm³/mol. The van der Waals surface area contributed by atoms with Crippen molar-refractivity contribution in [3.63, 3.8) is 0 Å². The van der Waals surface area contributed by atoms with E-state index in [-0.39, 0.29) is 6.03 Å². The van der Waals surface area contributed by atoms with Crippen LogP contribution in [0.25, 0.3) is 10.9 Å². The number of piperazine rings is 1. The van der Waals surface area contributed by atoms with E-state index in [2.05, 4.69) is 26.5 Å². The summed E-state index contributed by atoms with van der Waals surface area (Å²) in [7, 11) is 0. The maximum absolute atomic E-state index is 12.6. The molecule has 144 valence electrons. The molecule has 0 aliphatic carbocycles. The van der Waals surface area contributed by atoms with E-state index in [1.54, 1.807) is 6.20 Å². The van der Waals surface area contributed by atoms with Gasteiger partial charge < -0.3 is 19.7 Å². The molecule has 0 bridgehead atoms. The Kier molecular flexibility index (Phi) is 4.25. The van der Waals surface area contributed by atoms with Crippen molar-refractivity contribution in [3.8, 4) is 11.5 Å². The van der Waals surface area contributed by atoms with Crippen molar-refractivity contribution < 1.29 is 14.3 Å². The van der Waals surface area contributed by atoms with Crippen molar-refractivity contribution in [1.29, 1.82) is 0 Å². The first-order valence-corrected chi connectivity index (χ1v) is 9.34. The first-order chi connectivity index (χ1) is 13.7. The summed E-state index contributed by atoms with van der Waals surface area (Å²) in [6, 6.07) is 11.7. The van der Waals surface area contributed by atoms with Crippen LogP contribution < -0.4 is 14.8 Å². The highest BCUT2D eigenvalue weighted by atomic mass is 16.7. The van der Waals surface area contributed by atoms with E-state index in [1.165, 1.54) is 5.56 Å². The summed E-state index contributed by atoms with van der Waals surface area (Å²) >= 11 is 0. The Morgan fingerprint density at radius 2 is 1.93 bits per heavy atom. The fraction of sp³-hybridized carbons (Fsp3) is 0.300. The molecule has 3 aromatic rings. The molecule has 1 fully saturated rings. The van der Waals surface area contributed by atoms with Crippen LogP contribution in [0.1, 0.15) is 5.56 Å². The molecule has 0 spiro atoms. The Hall–Kier alpha value is -3.26. The molecule has 3 heterocycles. The lowest BCUT2D eigenvalue weighted by atomic mass is 10.1. The Balaban J connectivity index is 1.15. The van der Waals surface area contributed by atoms with E-state index in [4.69, 9.17) is 9.47 Å². The Bertz CT molecular complexity index is 1010. The number of hydrogen-bond donors (Lipinski definition) is 2. The quantitative estimate of drug-likeness (QED) is 0.731. The molecular formula is C20H21N5O3. The van der Waals surface area contributed by atoms with Crippen molar-refractivity contribution in [2.24, 2.45) is 0 Å². The molecule has 0 unspecified atom stereocenters. The van der Waals surface area contributed by atoms with E-state index >= 15 is 0 Å². The molecule has 0 saturated carbocycles. The van der Waals surface area contributed by atoms with Crippen LogP contribution in [0.2, 0.25) is 0 Å². The summed E-state index contributed by atoms with van der Waals surface area (Å²) in [6.07, 6.45) is 1.76. The molecule has 8 nitrogen and oxygen atoms in total. The van der Waals surface area contributed by atoms with Gasteiger partial charge in [-0.25, -0.2) is 4.79 Å². The van der Waals surface area contributed by atoms with E-state index in [1.807, 2.05) is 35.2 Å². The number of anilines is 1. The van der Waals surface area contributed by atoms with Crippen LogP contribution in [-0.2, 0) is 6.54 Å². The number of amides is 2. The van der Waals surface area contributed by atoms with Crippen LogP contribution in [0.4, 0.5) is 10.5 Å². The molecule has 0 radical (unpaired) electrons. The normalized spacial score (nSPS) is 16.5. The van der Waals surface area contributed by atoms with Gasteiger partial charge in [0.15, 0.2) is 11.5 Å². The van der Waals surface area contributed by atoms with Gasteiger partial charge in [-0.15, -0.1) is 0 Å². The minimum atomic E-state index is -0.0680. The van der Waals surface area contributed by atoms with Gasteiger partial charge in [0.25, 0.3) is 0 Å².